The van der Waals surface area contributed by atoms with E-state index in [1.807, 2.05) is 49.4 Å². The van der Waals surface area contributed by atoms with Crippen molar-refractivity contribution in [2.45, 2.75) is 13.1 Å². The number of carbonyl (C=O) groups excluding carboxylic acids is 1. The molecule has 1 saturated heterocycles. The van der Waals surface area contributed by atoms with Crippen LogP contribution in [0, 0.1) is 6.92 Å². The van der Waals surface area contributed by atoms with E-state index in [0.29, 0.717) is 37.7 Å². The molecule has 0 aromatic heterocycles. The first-order chi connectivity index (χ1) is 16.8. The van der Waals surface area contributed by atoms with E-state index < -0.39 is 17.8 Å². The topological polar surface area (TPSA) is 57.2 Å². The summed E-state index contributed by atoms with van der Waals surface area (Å²) in [6.45, 7) is 3.84. The lowest BCUT2D eigenvalue weighted by Crippen LogP contribution is -2.51. The molecule has 180 valence electrons. The largest absolute Gasteiger partial charge is 0.454 e. The molecule has 2 aliphatic rings. The van der Waals surface area contributed by atoms with Crippen LogP contribution < -0.4 is 10.1 Å². The summed E-state index contributed by atoms with van der Waals surface area (Å²) in [5, 5.41) is 2.58. The summed E-state index contributed by atoms with van der Waals surface area (Å²) < 4.78 is 45.1. The molecule has 0 radical (unpaired) electrons. The number of amidine groups is 1. The van der Waals surface area contributed by atoms with Crippen LogP contribution in [-0.2, 0) is 6.18 Å². The number of hydrogen-bond acceptors (Lipinski definition) is 4. The van der Waals surface area contributed by atoms with Crippen molar-refractivity contribution in [2.24, 2.45) is 4.99 Å². The summed E-state index contributed by atoms with van der Waals surface area (Å²) in [6.07, 6.45) is -4.47. The Bertz CT molecular complexity index is 1300. The number of benzene rings is 3. The fourth-order valence-corrected chi connectivity index (χ4v) is 4.17. The number of carbonyl (C=O) groups is 1. The lowest BCUT2D eigenvalue weighted by atomic mass is 10.1. The summed E-state index contributed by atoms with van der Waals surface area (Å²) in [5.74, 6) is 2.15. The minimum absolute atomic E-state index is 0.110. The number of piperazine rings is 1. The third kappa shape index (κ3) is 4.80. The number of fused-ring (bicyclic) bond motifs is 2. The molecule has 1 N–H and O–H groups in total. The van der Waals surface area contributed by atoms with Crippen LogP contribution in [0.15, 0.2) is 71.7 Å². The van der Waals surface area contributed by atoms with Gasteiger partial charge in [0.15, 0.2) is 5.75 Å². The minimum Gasteiger partial charge on any atom is -0.454 e. The number of para-hydroxylation sites is 2. The molecule has 0 spiro atoms. The summed E-state index contributed by atoms with van der Waals surface area (Å²) in [7, 11) is 0. The van der Waals surface area contributed by atoms with Gasteiger partial charge in [-0.25, -0.2) is 9.79 Å². The molecule has 0 bridgehead atoms. The van der Waals surface area contributed by atoms with Crippen molar-refractivity contribution in [3.05, 3.63) is 83.4 Å². The molecule has 5 rings (SSSR count). The standard InChI is InChI=1S/C26H23F3N4O2/c1-17-9-10-22-20(15-17)24(31-21-7-2-3-8-23(21)35-22)32-11-13-33(14-12-32)25(34)30-19-6-4-5-18(16-19)26(27,28)29/h2-10,15-16H,11-14H2,1H3,(H,30,34). The lowest BCUT2D eigenvalue weighted by molar-refractivity contribution is -0.137. The normalized spacial score (nSPS) is 15.4. The van der Waals surface area contributed by atoms with Crippen molar-refractivity contribution in [3.8, 4) is 11.5 Å². The zero-order chi connectivity index (χ0) is 24.6. The first-order valence-corrected chi connectivity index (χ1v) is 11.2. The molecule has 0 saturated carbocycles. The van der Waals surface area contributed by atoms with Gasteiger partial charge in [0.25, 0.3) is 0 Å². The monoisotopic (exact) mass is 480 g/mol. The van der Waals surface area contributed by atoms with Gasteiger partial charge in [0, 0.05) is 31.9 Å². The van der Waals surface area contributed by atoms with E-state index >= 15 is 0 Å². The molecule has 0 unspecified atom stereocenters. The van der Waals surface area contributed by atoms with Crippen molar-refractivity contribution in [1.29, 1.82) is 0 Å². The number of halogens is 3. The summed E-state index contributed by atoms with van der Waals surface area (Å²) in [5.41, 5.74) is 1.98. The molecule has 6 nitrogen and oxygen atoms in total. The van der Waals surface area contributed by atoms with Gasteiger partial charge in [0.2, 0.25) is 0 Å². The average Bonchev–Trinajstić information content (AvgIpc) is 3.00. The van der Waals surface area contributed by atoms with Gasteiger partial charge >= 0.3 is 12.2 Å². The van der Waals surface area contributed by atoms with Gasteiger partial charge in [-0.05, 0) is 49.4 Å². The van der Waals surface area contributed by atoms with Crippen LogP contribution in [-0.4, -0.2) is 47.8 Å². The predicted octanol–water partition coefficient (Wildman–Crippen LogP) is 6.05. The van der Waals surface area contributed by atoms with E-state index in [1.54, 1.807) is 4.90 Å². The fourth-order valence-electron chi connectivity index (χ4n) is 4.17. The number of anilines is 1. The van der Waals surface area contributed by atoms with Crippen LogP contribution in [0.1, 0.15) is 16.7 Å². The molecule has 2 aliphatic heterocycles. The average molecular weight is 480 g/mol. The number of nitrogens with one attached hydrogen (secondary N) is 1. The van der Waals surface area contributed by atoms with Crippen molar-refractivity contribution in [3.63, 3.8) is 0 Å². The highest BCUT2D eigenvalue weighted by atomic mass is 19.4. The van der Waals surface area contributed by atoms with E-state index in [-0.39, 0.29) is 5.69 Å². The number of nitrogens with zero attached hydrogens (tertiary/aromatic N) is 3. The molecule has 3 aromatic carbocycles. The first-order valence-electron chi connectivity index (χ1n) is 11.2. The van der Waals surface area contributed by atoms with Gasteiger partial charge in [0.1, 0.15) is 17.3 Å². The van der Waals surface area contributed by atoms with Gasteiger partial charge in [-0.2, -0.15) is 13.2 Å². The highest BCUT2D eigenvalue weighted by molar-refractivity contribution is 6.04. The van der Waals surface area contributed by atoms with E-state index in [9.17, 15) is 18.0 Å². The maximum atomic E-state index is 13.0. The van der Waals surface area contributed by atoms with E-state index in [4.69, 9.17) is 9.73 Å². The zero-order valence-corrected chi connectivity index (χ0v) is 19.0. The van der Waals surface area contributed by atoms with Crippen molar-refractivity contribution < 1.29 is 22.7 Å². The minimum atomic E-state index is -4.47. The van der Waals surface area contributed by atoms with E-state index in [2.05, 4.69) is 10.2 Å². The first kappa shape index (κ1) is 22.8. The Morgan fingerprint density at radius 3 is 2.49 bits per heavy atom. The summed E-state index contributed by atoms with van der Waals surface area (Å²) in [6, 6.07) is 17.7. The second-order valence-corrected chi connectivity index (χ2v) is 8.49. The highest BCUT2D eigenvalue weighted by Crippen LogP contribution is 2.38. The number of hydrogen-bond donors (Lipinski definition) is 1. The number of amides is 2. The van der Waals surface area contributed by atoms with Crippen LogP contribution in [0.25, 0.3) is 0 Å². The third-order valence-corrected chi connectivity index (χ3v) is 6.00. The number of ether oxygens (including phenoxy) is 1. The Hall–Kier alpha value is -4.01. The van der Waals surface area contributed by atoms with Crippen LogP contribution >= 0.6 is 0 Å². The second-order valence-electron chi connectivity index (χ2n) is 8.49. The molecule has 2 amide bonds. The Kier molecular flexibility index (Phi) is 5.84. The molecule has 2 heterocycles. The van der Waals surface area contributed by atoms with E-state index in [0.717, 1.165) is 34.8 Å². The van der Waals surface area contributed by atoms with E-state index in [1.165, 1.54) is 12.1 Å². The molecule has 0 atom stereocenters. The molecular formula is C26H23F3N4O2. The highest BCUT2D eigenvalue weighted by Gasteiger charge is 2.31. The predicted molar refractivity (Wildman–Crippen MR) is 128 cm³/mol. The molecule has 9 heteroatoms. The van der Waals surface area contributed by atoms with Gasteiger partial charge in [0.05, 0.1) is 11.1 Å². The van der Waals surface area contributed by atoms with Gasteiger partial charge in [-0.15, -0.1) is 0 Å². The second kappa shape index (κ2) is 8.98. The smallest absolute Gasteiger partial charge is 0.416 e. The van der Waals surface area contributed by atoms with Gasteiger partial charge in [-0.3, -0.25) is 0 Å². The zero-order valence-electron chi connectivity index (χ0n) is 19.0. The Morgan fingerprint density at radius 1 is 0.943 bits per heavy atom. The molecule has 1 fully saturated rings. The molecule has 0 aliphatic carbocycles. The number of urea groups is 1. The van der Waals surface area contributed by atoms with Crippen LogP contribution in [0.3, 0.4) is 0 Å². The van der Waals surface area contributed by atoms with Gasteiger partial charge in [-0.1, -0.05) is 29.8 Å². The summed E-state index contributed by atoms with van der Waals surface area (Å²) >= 11 is 0. The Balaban J connectivity index is 1.33. The van der Waals surface area contributed by atoms with Crippen molar-refractivity contribution >= 4 is 23.2 Å². The number of aryl methyl sites for hydroxylation is 1. The molecule has 3 aromatic rings. The van der Waals surface area contributed by atoms with Gasteiger partial charge < -0.3 is 19.9 Å². The van der Waals surface area contributed by atoms with Crippen molar-refractivity contribution in [1.82, 2.24) is 9.80 Å². The van der Waals surface area contributed by atoms with Crippen LogP contribution in [0.5, 0.6) is 11.5 Å². The maximum Gasteiger partial charge on any atom is 0.416 e. The SMILES string of the molecule is Cc1ccc2c(c1)C(N1CCN(C(=O)Nc3cccc(C(F)(F)F)c3)CC1)=Nc1ccccc1O2. The molecule has 35 heavy (non-hydrogen) atoms. The number of alkyl halides is 3. The number of aliphatic imine (C=N–C) groups is 1. The number of rotatable bonds is 1. The Morgan fingerprint density at radius 2 is 1.71 bits per heavy atom. The maximum absolute atomic E-state index is 13.0. The molecular weight excluding hydrogens is 457 g/mol. The quantitative estimate of drug-likeness (QED) is 0.462. The summed E-state index contributed by atoms with van der Waals surface area (Å²) in [4.78, 5) is 21.3. The lowest BCUT2D eigenvalue weighted by Gasteiger charge is -2.36. The fraction of sp³-hybridized carbons (Fsp3) is 0.231. The van der Waals surface area contributed by atoms with Crippen LogP contribution in [0.2, 0.25) is 0 Å². The van der Waals surface area contributed by atoms with Crippen molar-refractivity contribution in [2.75, 3.05) is 31.5 Å². The Labute approximate surface area is 200 Å². The third-order valence-electron chi connectivity index (χ3n) is 6.00. The van der Waals surface area contributed by atoms with Crippen LogP contribution in [0.4, 0.5) is 29.3 Å².